The number of nitrogens with one attached hydrogen (secondary N) is 1. The number of carbonyl (C=O) groups is 1. The van der Waals surface area contributed by atoms with Crippen LogP contribution in [-0.2, 0) is 16.1 Å². The summed E-state index contributed by atoms with van der Waals surface area (Å²) in [6.45, 7) is 11.6. The lowest BCUT2D eigenvalue weighted by molar-refractivity contribution is -0.151. The smallest absolute Gasteiger partial charge is 0.316 e. The standard InChI is InChI=1S/C16H25NO2S/c1-6-17-10-13-9-12(2)7-8-14(13)20-11-15(18)19-16(3,4)5/h7-9,17H,6,10-11H2,1-5H3. The topological polar surface area (TPSA) is 38.3 Å². The molecule has 0 heterocycles. The highest BCUT2D eigenvalue weighted by molar-refractivity contribution is 8.00. The van der Waals surface area contributed by atoms with Crippen LogP contribution in [-0.4, -0.2) is 23.9 Å². The molecule has 0 atom stereocenters. The van der Waals surface area contributed by atoms with Crippen LogP contribution in [0.15, 0.2) is 23.1 Å². The van der Waals surface area contributed by atoms with Crippen molar-refractivity contribution in [1.82, 2.24) is 5.32 Å². The van der Waals surface area contributed by atoms with Gasteiger partial charge < -0.3 is 10.1 Å². The van der Waals surface area contributed by atoms with Gasteiger partial charge in [-0.25, -0.2) is 0 Å². The van der Waals surface area contributed by atoms with E-state index >= 15 is 0 Å². The first kappa shape index (κ1) is 17.1. The minimum Gasteiger partial charge on any atom is -0.459 e. The Labute approximate surface area is 126 Å². The maximum absolute atomic E-state index is 11.8. The number of thioether (sulfide) groups is 1. The van der Waals surface area contributed by atoms with Crippen molar-refractivity contribution in [1.29, 1.82) is 0 Å². The first-order chi connectivity index (χ1) is 9.31. The summed E-state index contributed by atoms with van der Waals surface area (Å²) in [6, 6.07) is 6.32. The molecule has 0 aliphatic rings. The molecule has 0 bridgehead atoms. The number of ether oxygens (including phenoxy) is 1. The van der Waals surface area contributed by atoms with Gasteiger partial charge in [0.15, 0.2) is 0 Å². The molecule has 0 spiro atoms. The lowest BCUT2D eigenvalue weighted by Crippen LogP contribution is -2.25. The van der Waals surface area contributed by atoms with E-state index in [1.807, 2.05) is 20.8 Å². The quantitative estimate of drug-likeness (QED) is 0.643. The molecule has 4 heteroatoms. The Balaban J connectivity index is 2.65. The van der Waals surface area contributed by atoms with Gasteiger partial charge in [0.2, 0.25) is 0 Å². The highest BCUT2D eigenvalue weighted by Gasteiger charge is 2.16. The van der Waals surface area contributed by atoms with E-state index in [2.05, 4.69) is 37.4 Å². The van der Waals surface area contributed by atoms with Crippen LogP contribution in [0.4, 0.5) is 0 Å². The summed E-state index contributed by atoms with van der Waals surface area (Å²) in [7, 11) is 0. The molecule has 0 fully saturated rings. The minimum absolute atomic E-state index is 0.169. The molecule has 0 radical (unpaired) electrons. The van der Waals surface area contributed by atoms with Crippen molar-refractivity contribution in [3.63, 3.8) is 0 Å². The Morgan fingerprint density at radius 3 is 2.65 bits per heavy atom. The first-order valence-electron chi connectivity index (χ1n) is 6.96. The van der Waals surface area contributed by atoms with Gasteiger partial charge in [-0.3, -0.25) is 4.79 Å². The van der Waals surface area contributed by atoms with Gasteiger partial charge in [-0.15, -0.1) is 11.8 Å². The second-order valence-corrected chi connectivity index (χ2v) is 6.78. The molecule has 1 aromatic carbocycles. The van der Waals surface area contributed by atoms with E-state index in [1.165, 1.54) is 11.1 Å². The largest absolute Gasteiger partial charge is 0.459 e. The van der Waals surface area contributed by atoms with Crippen molar-refractivity contribution < 1.29 is 9.53 Å². The molecular weight excluding hydrogens is 270 g/mol. The van der Waals surface area contributed by atoms with Crippen LogP contribution in [0.5, 0.6) is 0 Å². The molecule has 0 unspecified atom stereocenters. The van der Waals surface area contributed by atoms with Crippen LogP contribution in [0.1, 0.15) is 38.8 Å². The average molecular weight is 295 g/mol. The predicted octanol–water partition coefficient (Wildman–Crippen LogP) is 3.54. The Bertz CT molecular complexity index is 452. The van der Waals surface area contributed by atoms with Crippen LogP contribution in [0.3, 0.4) is 0 Å². The van der Waals surface area contributed by atoms with Crippen molar-refractivity contribution in [2.45, 2.75) is 51.7 Å². The summed E-state index contributed by atoms with van der Waals surface area (Å²) >= 11 is 1.54. The molecular formula is C16H25NO2S. The molecule has 3 nitrogen and oxygen atoms in total. The van der Waals surface area contributed by atoms with Gasteiger partial charge in [0.1, 0.15) is 5.60 Å². The third-order valence-electron chi connectivity index (χ3n) is 2.55. The normalized spacial score (nSPS) is 11.4. The summed E-state index contributed by atoms with van der Waals surface area (Å²) in [5, 5.41) is 3.33. The van der Waals surface area contributed by atoms with Gasteiger partial charge in [0.05, 0.1) is 5.75 Å². The molecule has 1 rings (SSSR count). The maximum atomic E-state index is 11.8. The van der Waals surface area contributed by atoms with Gasteiger partial charge in [-0.2, -0.15) is 0 Å². The molecule has 0 saturated heterocycles. The first-order valence-corrected chi connectivity index (χ1v) is 7.95. The van der Waals surface area contributed by atoms with Gasteiger partial charge in [-0.05, 0) is 45.9 Å². The van der Waals surface area contributed by atoms with Crippen LogP contribution in [0.25, 0.3) is 0 Å². The molecule has 20 heavy (non-hydrogen) atoms. The lowest BCUT2D eigenvalue weighted by atomic mass is 10.1. The second-order valence-electron chi connectivity index (χ2n) is 5.77. The number of rotatable bonds is 6. The fourth-order valence-corrected chi connectivity index (χ4v) is 2.57. The SMILES string of the molecule is CCNCc1cc(C)ccc1SCC(=O)OC(C)(C)C. The molecule has 0 amide bonds. The third-order valence-corrected chi connectivity index (χ3v) is 3.64. The van der Waals surface area contributed by atoms with Gasteiger partial charge >= 0.3 is 5.97 Å². The molecule has 1 N–H and O–H groups in total. The zero-order chi connectivity index (χ0) is 15.2. The summed E-state index contributed by atoms with van der Waals surface area (Å²) in [4.78, 5) is 12.9. The van der Waals surface area contributed by atoms with Crippen molar-refractivity contribution in [2.24, 2.45) is 0 Å². The predicted molar refractivity (Wildman–Crippen MR) is 85.1 cm³/mol. The molecule has 112 valence electrons. The molecule has 1 aromatic rings. The highest BCUT2D eigenvalue weighted by Crippen LogP contribution is 2.24. The Morgan fingerprint density at radius 2 is 2.05 bits per heavy atom. The molecule has 0 aromatic heterocycles. The van der Waals surface area contributed by atoms with E-state index in [-0.39, 0.29) is 5.97 Å². The minimum atomic E-state index is -0.419. The van der Waals surface area contributed by atoms with E-state index in [1.54, 1.807) is 11.8 Å². The van der Waals surface area contributed by atoms with E-state index in [0.29, 0.717) is 5.75 Å². The molecule has 0 aliphatic heterocycles. The Hall–Kier alpha value is -1.00. The fourth-order valence-electron chi connectivity index (χ4n) is 1.75. The lowest BCUT2D eigenvalue weighted by Gasteiger charge is -2.19. The zero-order valence-corrected chi connectivity index (χ0v) is 13.9. The van der Waals surface area contributed by atoms with Crippen LogP contribution < -0.4 is 5.32 Å². The number of benzene rings is 1. The number of hydrogen-bond donors (Lipinski definition) is 1. The zero-order valence-electron chi connectivity index (χ0n) is 13.1. The number of aryl methyl sites for hydroxylation is 1. The van der Waals surface area contributed by atoms with E-state index in [4.69, 9.17) is 4.74 Å². The summed E-state index contributed by atoms with van der Waals surface area (Å²) in [5.41, 5.74) is 2.05. The Kier molecular flexibility index (Phi) is 6.56. The summed E-state index contributed by atoms with van der Waals surface area (Å²) in [6.07, 6.45) is 0. The summed E-state index contributed by atoms with van der Waals surface area (Å²) in [5.74, 6) is 0.178. The maximum Gasteiger partial charge on any atom is 0.316 e. The van der Waals surface area contributed by atoms with Crippen molar-refractivity contribution in [2.75, 3.05) is 12.3 Å². The fraction of sp³-hybridized carbons (Fsp3) is 0.562. The molecule has 0 aliphatic carbocycles. The van der Waals surface area contributed by atoms with E-state index < -0.39 is 5.60 Å². The van der Waals surface area contributed by atoms with Crippen LogP contribution in [0, 0.1) is 6.92 Å². The monoisotopic (exact) mass is 295 g/mol. The average Bonchev–Trinajstić information content (AvgIpc) is 2.33. The van der Waals surface area contributed by atoms with Gasteiger partial charge in [-0.1, -0.05) is 24.6 Å². The van der Waals surface area contributed by atoms with Crippen molar-refractivity contribution in [3.05, 3.63) is 29.3 Å². The van der Waals surface area contributed by atoms with Gasteiger partial charge in [0, 0.05) is 11.4 Å². The van der Waals surface area contributed by atoms with Crippen molar-refractivity contribution in [3.8, 4) is 0 Å². The highest BCUT2D eigenvalue weighted by atomic mass is 32.2. The van der Waals surface area contributed by atoms with Crippen molar-refractivity contribution >= 4 is 17.7 Å². The van der Waals surface area contributed by atoms with Crippen LogP contribution in [0.2, 0.25) is 0 Å². The second kappa shape index (κ2) is 7.70. The van der Waals surface area contributed by atoms with E-state index in [9.17, 15) is 4.79 Å². The Morgan fingerprint density at radius 1 is 1.35 bits per heavy atom. The number of esters is 1. The van der Waals surface area contributed by atoms with E-state index in [0.717, 1.165) is 18.0 Å². The van der Waals surface area contributed by atoms with Gasteiger partial charge in [0.25, 0.3) is 0 Å². The summed E-state index contributed by atoms with van der Waals surface area (Å²) < 4.78 is 5.33. The number of hydrogen-bond acceptors (Lipinski definition) is 4. The number of carbonyl (C=O) groups excluding carboxylic acids is 1. The van der Waals surface area contributed by atoms with Crippen LogP contribution >= 0.6 is 11.8 Å². The molecule has 0 saturated carbocycles. The third kappa shape index (κ3) is 6.44.